The van der Waals surface area contributed by atoms with E-state index in [9.17, 15) is 9.59 Å². The van der Waals surface area contributed by atoms with Gasteiger partial charge in [-0.05, 0) is 48.5 Å². The molecule has 0 saturated carbocycles. The topological polar surface area (TPSA) is 65.7 Å². The lowest BCUT2D eigenvalue weighted by Crippen LogP contribution is -2.17. The van der Waals surface area contributed by atoms with Crippen molar-refractivity contribution < 1.29 is 18.7 Å². The maximum atomic E-state index is 13.1. The molecular formula is C24H17ClO5. The van der Waals surface area contributed by atoms with Crippen LogP contribution in [0.25, 0.3) is 22.3 Å². The second kappa shape index (κ2) is 8.43. The quantitative estimate of drug-likeness (QED) is 0.391. The Labute approximate surface area is 177 Å². The number of halogens is 1. The fourth-order valence-electron chi connectivity index (χ4n) is 3.08. The Balaban J connectivity index is 1.74. The number of methoxy groups -OCH3 is 1. The third-order valence-electron chi connectivity index (χ3n) is 4.63. The lowest BCUT2D eigenvalue weighted by Gasteiger charge is -2.12. The monoisotopic (exact) mass is 420 g/mol. The summed E-state index contributed by atoms with van der Waals surface area (Å²) in [5.41, 5.74) is 0.995. The van der Waals surface area contributed by atoms with Crippen LogP contribution in [0.2, 0.25) is 5.02 Å². The van der Waals surface area contributed by atoms with Crippen LogP contribution < -0.4 is 14.9 Å². The minimum atomic E-state index is -0.366. The summed E-state index contributed by atoms with van der Waals surface area (Å²) in [5.74, 6) is 0.495. The van der Waals surface area contributed by atoms with Crippen molar-refractivity contribution in [2.45, 2.75) is 0 Å². The zero-order valence-electron chi connectivity index (χ0n) is 16.1. The van der Waals surface area contributed by atoms with Gasteiger partial charge in [0.1, 0.15) is 11.3 Å². The molecule has 0 aliphatic rings. The molecule has 4 rings (SSSR count). The van der Waals surface area contributed by atoms with Gasteiger partial charge in [0.2, 0.25) is 11.2 Å². The average Bonchev–Trinajstić information content (AvgIpc) is 2.78. The van der Waals surface area contributed by atoms with Crippen LogP contribution in [-0.2, 0) is 0 Å². The van der Waals surface area contributed by atoms with Crippen molar-refractivity contribution in [2.75, 3.05) is 13.7 Å². The molecule has 1 heterocycles. The van der Waals surface area contributed by atoms with Crippen molar-refractivity contribution in [3.63, 3.8) is 0 Å². The first-order valence-electron chi connectivity index (χ1n) is 9.19. The SMILES string of the molecule is COc1ccc(C(=O)COc2c(-c3ccccc3Cl)oc3ccccc3c2=O)cc1. The summed E-state index contributed by atoms with van der Waals surface area (Å²) in [5, 5.41) is 0.766. The van der Waals surface area contributed by atoms with Crippen LogP contribution in [0.15, 0.2) is 82.0 Å². The number of fused-ring (bicyclic) bond motifs is 1. The van der Waals surface area contributed by atoms with Crippen molar-refractivity contribution in [1.29, 1.82) is 0 Å². The number of ketones is 1. The van der Waals surface area contributed by atoms with Crippen LogP contribution in [0.5, 0.6) is 11.5 Å². The van der Waals surface area contributed by atoms with E-state index in [4.69, 9.17) is 25.5 Å². The first kappa shape index (κ1) is 19.7. The summed E-state index contributed by atoms with van der Waals surface area (Å²) in [6, 6.07) is 20.5. The Hall–Kier alpha value is -3.57. The molecule has 0 unspecified atom stereocenters. The molecule has 3 aromatic carbocycles. The number of hydrogen-bond acceptors (Lipinski definition) is 5. The number of carbonyl (C=O) groups is 1. The van der Waals surface area contributed by atoms with Crippen LogP contribution >= 0.6 is 11.6 Å². The molecule has 150 valence electrons. The fraction of sp³-hybridized carbons (Fsp3) is 0.0833. The molecule has 30 heavy (non-hydrogen) atoms. The first-order valence-corrected chi connectivity index (χ1v) is 9.57. The number of ether oxygens (including phenoxy) is 2. The van der Waals surface area contributed by atoms with Crippen LogP contribution in [0.1, 0.15) is 10.4 Å². The van der Waals surface area contributed by atoms with Gasteiger partial charge in [-0.2, -0.15) is 0 Å². The molecule has 0 spiro atoms. The fourth-order valence-corrected chi connectivity index (χ4v) is 3.30. The maximum absolute atomic E-state index is 13.1. The smallest absolute Gasteiger partial charge is 0.235 e. The summed E-state index contributed by atoms with van der Waals surface area (Å²) in [4.78, 5) is 25.7. The number of hydrogen-bond donors (Lipinski definition) is 0. The zero-order valence-corrected chi connectivity index (χ0v) is 16.8. The molecule has 0 aliphatic carbocycles. The third kappa shape index (κ3) is 3.80. The van der Waals surface area contributed by atoms with Gasteiger partial charge in [0.25, 0.3) is 0 Å². The van der Waals surface area contributed by atoms with Gasteiger partial charge in [0.05, 0.1) is 17.5 Å². The van der Waals surface area contributed by atoms with Crippen molar-refractivity contribution in [3.8, 4) is 22.8 Å². The van der Waals surface area contributed by atoms with Gasteiger partial charge in [-0.15, -0.1) is 0 Å². The van der Waals surface area contributed by atoms with Gasteiger partial charge in [-0.3, -0.25) is 9.59 Å². The highest BCUT2D eigenvalue weighted by Crippen LogP contribution is 2.35. The molecule has 0 atom stereocenters. The molecule has 5 nitrogen and oxygen atoms in total. The van der Waals surface area contributed by atoms with Crippen LogP contribution in [0.4, 0.5) is 0 Å². The van der Waals surface area contributed by atoms with E-state index in [0.29, 0.717) is 32.9 Å². The lowest BCUT2D eigenvalue weighted by molar-refractivity contribution is 0.0920. The predicted octanol–water partition coefficient (Wildman–Crippen LogP) is 5.38. The van der Waals surface area contributed by atoms with E-state index in [1.165, 1.54) is 0 Å². The largest absolute Gasteiger partial charge is 0.497 e. The number of rotatable bonds is 6. The molecule has 0 saturated heterocycles. The van der Waals surface area contributed by atoms with Crippen molar-refractivity contribution in [3.05, 3.63) is 93.6 Å². The first-order chi connectivity index (χ1) is 14.6. The van der Waals surface area contributed by atoms with Gasteiger partial charge in [0.15, 0.2) is 18.2 Å². The summed E-state index contributed by atoms with van der Waals surface area (Å²) in [6.45, 7) is -0.327. The summed E-state index contributed by atoms with van der Waals surface area (Å²) < 4.78 is 16.8. The van der Waals surface area contributed by atoms with Gasteiger partial charge < -0.3 is 13.9 Å². The summed E-state index contributed by atoms with van der Waals surface area (Å²) in [6.07, 6.45) is 0. The van der Waals surface area contributed by atoms with E-state index in [1.54, 1.807) is 79.9 Å². The Morgan fingerprint density at radius 1 is 0.967 bits per heavy atom. The Bertz CT molecular complexity index is 1280. The third-order valence-corrected chi connectivity index (χ3v) is 4.96. The van der Waals surface area contributed by atoms with E-state index in [0.717, 1.165) is 0 Å². The van der Waals surface area contributed by atoms with Gasteiger partial charge >= 0.3 is 0 Å². The number of Topliss-reactive ketones (excluding diaryl/α,β-unsaturated/α-hetero) is 1. The highest BCUT2D eigenvalue weighted by molar-refractivity contribution is 6.33. The number of carbonyl (C=O) groups excluding carboxylic acids is 1. The van der Waals surface area contributed by atoms with Gasteiger partial charge in [-0.1, -0.05) is 35.9 Å². The Morgan fingerprint density at radius 3 is 2.40 bits per heavy atom. The number of benzene rings is 3. The minimum absolute atomic E-state index is 0.0522. The van der Waals surface area contributed by atoms with E-state index in [1.807, 2.05) is 0 Å². The second-order valence-electron chi connectivity index (χ2n) is 6.51. The van der Waals surface area contributed by atoms with Crippen LogP contribution in [0.3, 0.4) is 0 Å². The Morgan fingerprint density at radius 2 is 1.67 bits per heavy atom. The van der Waals surface area contributed by atoms with Crippen LogP contribution in [-0.4, -0.2) is 19.5 Å². The molecular weight excluding hydrogens is 404 g/mol. The molecule has 0 radical (unpaired) electrons. The summed E-state index contributed by atoms with van der Waals surface area (Å²) >= 11 is 6.33. The Kier molecular flexibility index (Phi) is 5.55. The van der Waals surface area contributed by atoms with E-state index >= 15 is 0 Å². The lowest BCUT2D eigenvalue weighted by atomic mass is 10.1. The molecule has 4 aromatic rings. The maximum Gasteiger partial charge on any atom is 0.235 e. The molecule has 0 amide bonds. The molecule has 1 aromatic heterocycles. The normalized spacial score (nSPS) is 10.7. The van der Waals surface area contributed by atoms with Crippen molar-refractivity contribution >= 4 is 28.4 Å². The molecule has 0 N–H and O–H groups in total. The van der Waals surface area contributed by atoms with Crippen molar-refractivity contribution in [1.82, 2.24) is 0 Å². The van der Waals surface area contributed by atoms with E-state index in [-0.39, 0.29) is 29.3 Å². The molecule has 0 aliphatic heterocycles. The highest BCUT2D eigenvalue weighted by atomic mass is 35.5. The van der Waals surface area contributed by atoms with Gasteiger partial charge in [-0.25, -0.2) is 0 Å². The molecule has 0 fully saturated rings. The zero-order chi connectivity index (χ0) is 21.1. The minimum Gasteiger partial charge on any atom is -0.497 e. The van der Waals surface area contributed by atoms with E-state index < -0.39 is 0 Å². The van der Waals surface area contributed by atoms with Crippen LogP contribution in [0, 0.1) is 0 Å². The number of para-hydroxylation sites is 1. The van der Waals surface area contributed by atoms with Crippen molar-refractivity contribution in [2.24, 2.45) is 0 Å². The molecule has 0 bridgehead atoms. The second-order valence-corrected chi connectivity index (χ2v) is 6.91. The van der Waals surface area contributed by atoms with Gasteiger partial charge in [0, 0.05) is 11.1 Å². The molecule has 6 heteroatoms. The highest BCUT2D eigenvalue weighted by Gasteiger charge is 2.20. The standard InChI is InChI=1S/C24H17ClO5/c1-28-16-12-10-15(11-13-16)20(26)14-29-24-22(27)18-7-3-5-9-21(18)30-23(24)17-6-2-4-8-19(17)25/h2-13H,14H2,1H3. The van der Waals surface area contributed by atoms with E-state index in [2.05, 4.69) is 0 Å². The summed E-state index contributed by atoms with van der Waals surface area (Å²) in [7, 11) is 1.55. The average molecular weight is 421 g/mol. The predicted molar refractivity (Wildman–Crippen MR) is 116 cm³/mol.